The van der Waals surface area contributed by atoms with E-state index in [0.29, 0.717) is 35.6 Å². The SMILES string of the molecule is CC1=C(C=C2C(=O)N(c3ccccc3)N(c3ccccc3)C2=O)CCCC1=Cc1c(O)n(-c2ccccc2)n(-c2ccccc2)c1=O. The summed E-state index contributed by atoms with van der Waals surface area (Å²) in [6.45, 7) is 1.94. The van der Waals surface area contributed by atoms with Crippen molar-refractivity contribution >= 4 is 29.3 Å². The lowest BCUT2D eigenvalue weighted by Gasteiger charge is -2.27. The number of benzene rings is 4. The van der Waals surface area contributed by atoms with Gasteiger partial charge in [-0.05, 0) is 104 Å². The fourth-order valence-electron chi connectivity index (χ4n) is 6.23. The molecule has 2 aliphatic rings. The van der Waals surface area contributed by atoms with Crippen LogP contribution in [-0.4, -0.2) is 26.3 Å². The molecular formula is C39H32N4O4. The van der Waals surface area contributed by atoms with Gasteiger partial charge in [0, 0.05) is 0 Å². The average molecular weight is 621 g/mol. The number of aromatic nitrogens is 2. The smallest absolute Gasteiger partial charge is 0.283 e. The van der Waals surface area contributed by atoms with Gasteiger partial charge in [-0.15, -0.1) is 0 Å². The zero-order valence-electron chi connectivity index (χ0n) is 25.8. The van der Waals surface area contributed by atoms with Crippen LogP contribution in [0.2, 0.25) is 0 Å². The van der Waals surface area contributed by atoms with Crippen LogP contribution in [0.5, 0.6) is 5.88 Å². The number of para-hydroxylation sites is 4. The molecule has 1 saturated heterocycles. The second kappa shape index (κ2) is 12.3. The summed E-state index contributed by atoms with van der Waals surface area (Å²) in [5, 5.41) is 14.4. The van der Waals surface area contributed by atoms with Crippen molar-refractivity contribution in [3.63, 3.8) is 0 Å². The average Bonchev–Trinajstić information content (AvgIpc) is 3.51. The lowest BCUT2D eigenvalue weighted by atomic mass is 9.86. The van der Waals surface area contributed by atoms with Gasteiger partial charge in [0.25, 0.3) is 17.4 Å². The predicted octanol–water partition coefficient (Wildman–Crippen LogP) is 7.14. The number of hydrogen-bond acceptors (Lipinski definition) is 4. The predicted molar refractivity (Wildman–Crippen MR) is 183 cm³/mol. The standard InChI is InChI=1S/C39H32N4O4/c1-27-28(25-34-36(44)40(30-17-6-2-7-18-30)41(37(34)45)31-19-8-3-9-20-31)15-14-16-29(27)26-35-38(46)42(32-21-10-4-11-22-32)43(39(35)47)33-23-12-5-13-24-33/h2-13,17-26,44H,14-16H2,1H3. The molecule has 47 heavy (non-hydrogen) atoms. The van der Waals surface area contributed by atoms with Crippen LogP contribution in [0.15, 0.2) is 154 Å². The van der Waals surface area contributed by atoms with E-state index >= 15 is 0 Å². The maximum absolute atomic E-state index is 14.0. The van der Waals surface area contributed by atoms with Crippen LogP contribution in [0.4, 0.5) is 11.4 Å². The summed E-state index contributed by atoms with van der Waals surface area (Å²) in [5.74, 6) is -0.997. The van der Waals surface area contributed by atoms with Crippen LogP contribution in [-0.2, 0) is 9.59 Å². The number of carbonyl (C=O) groups excluding carboxylic acids is 2. The number of anilines is 2. The molecule has 7 rings (SSSR count). The third kappa shape index (κ3) is 5.29. The van der Waals surface area contributed by atoms with E-state index in [9.17, 15) is 19.5 Å². The van der Waals surface area contributed by atoms with Crippen LogP contribution >= 0.6 is 0 Å². The Morgan fingerprint density at radius 3 is 1.51 bits per heavy atom. The monoisotopic (exact) mass is 620 g/mol. The maximum Gasteiger partial charge on any atom is 0.283 e. The first-order chi connectivity index (χ1) is 22.9. The van der Waals surface area contributed by atoms with E-state index < -0.39 is 11.8 Å². The first-order valence-electron chi connectivity index (χ1n) is 15.5. The van der Waals surface area contributed by atoms with Crippen molar-refractivity contribution in [2.45, 2.75) is 26.2 Å². The first kappa shape index (κ1) is 29.6. The van der Waals surface area contributed by atoms with E-state index in [-0.39, 0.29) is 22.6 Å². The summed E-state index contributed by atoms with van der Waals surface area (Å²) in [7, 11) is 0. The molecule has 1 fully saturated rings. The van der Waals surface area contributed by atoms with E-state index in [4.69, 9.17) is 0 Å². The van der Waals surface area contributed by atoms with E-state index in [1.807, 2.05) is 104 Å². The minimum absolute atomic E-state index is 0.0674. The Labute approximate surface area is 272 Å². The number of carbonyl (C=O) groups is 2. The molecule has 2 amide bonds. The van der Waals surface area contributed by atoms with E-state index in [2.05, 4.69) is 0 Å². The van der Waals surface area contributed by atoms with Crippen molar-refractivity contribution in [1.29, 1.82) is 0 Å². The van der Waals surface area contributed by atoms with Crippen molar-refractivity contribution in [2.24, 2.45) is 0 Å². The molecule has 0 unspecified atom stereocenters. The maximum atomic E-state index is 14.0. The zero-order valence-corrected chi connectivity index (χ0v) is 25.8. The summed E-state index contributed by atoms with van der Waals surface area (Å²) >= 11 is 0. The molecule has 0 spiro atoms. The fraction of sp³-hybridized carbons (Fsp3) is 0.103. The number of hydrogen-bond donors (Lipinski definition) is 1. The molecule has 0 atom stereocenters. The second-order valence-corrected chi connectivity index (χ2v) is 11.5. The zero-order chi connectivity index (χ0) is 32.5. The molecule has 0 saturated carbocycles. The Bertz CT molecular complexity index is 2070. The van der Waals surface area contributed by atoms with E-state index in [0.717, 1.165) is 23.1 Å². The Hall–Kier alpha value is -6.15. The van der Waals surface area contributed by atoms with Crippen molar-refractivity contribution in [2.75, 3.05) is 10.0 Å². The minimum atomic E-state index is -0.412. The number of nitrogens with zero attached hydrogens (tertiary/aromatic N) is 4. The highest BCUT2D eigenvalue weighted by molar-refractivity contribution is 6.36. The number of aromatic hydroxyl groups is 1. The molecule has 0 radical (unpaired) electrons. The topological polar surface area (TPSA) is 87.8 Å². The normalized spacial score (nSPS) is 16.0. The first-order valence-corrected chi connectivity index (χ1v) is 15.5. The van der Waals surface area contributed by atoms with Crippen molar-refractivity contribution in [3.05, 3.63) is 166 Å². The summed E-state index contributed by atoms with van der Waals surface area (Å²) < 4.78 is 2.98. The van der Waals surface area contributed by atoms with Crippen LogP contribution in [0.25, 0.3) is 17.5 Å². The van der Waals surface area contributed by atoms with Gasteiger partial charge in [-0.2, -0.15) is 0 Å². The van der Waals surface area contributed by atoms with Crippen molar-refractivity contribution < 1.29 is 14.7 Å². The van der Waals surface area contributed by atoms with Crippen LogP contribution in [0.1, 0.15) is 31.7 Å². The number of allylic oxidation sites excluding steroid dienone is 4. The number of hydrazine groups is 1. The molecule has 0 bridgehead atoms. The van der Waals surface area contributed by atoms with Crippen molar-refractivity contribution in [3.8, 4) is 17.3 Å². The quantitative estimate of drug-likeness (QED) is 0.162. The van der Waals surface area contributed by atoms with Gasteiger partial charge in [-0.25, -0.2) is 19.4 Å². The largest absolute Gasteiger partial charge is 0.493 e. The highest BCUT2D eigenvalue weighted by Gasteiger charge is 2.43. The molecule has 8 heteroatoms. The number of rotatable bonds is 6. The lowest BCUT2D eigenvalue weighted by Crippen LogP contribution is -2.41. The van der Waals surface area contributed by atoms with Gasteiger partial charge in [0.2, 0.25) is 5.88 Å². The Kier molecular flexibility index (Phi) is 7.75. The van der Waals surface area contributed by atoms with Gasteiger partial charge in [-0.3, -0.25) is 14.4 Å². The summed E-state index contributed by atoms with van der Waals surface area (Å²) in [5.41, 5.74) is 4.87. The van der Waals surface area contributed by atoms with Gasteiger partial charge in [0.15, 0.2) is 0 Å². The molecule has 4 aromatic carbocycles. The molecule has 1 aliphatic heterocycles. The molecule has 5 aromatic rings. The van der Waals surface area contributed by atoms with Crippen LogP contribution < -0.4 is 15.6 Å². The van der Waals surface area contributed by atoms with Crippen LogP contribution in [0.3, 0.4) is 0 Å². The minimum Gasteiger partial charge on any atom is -0.493 e. The van der Waals surface area contributed by atoms with Gasteiger partial charge in [-0.1, -0.05) is 72.8 Å². The summed E-state index contributed by atoms with van der Waals surface area (Å²) in [6, 6.07) is 36.7. The van der Waals surface area contributed by atoms with Gasteiger partial charge >= 0.3 is 0 Å². The third-order valence-electron chi connectivity index (χ3n) is 8.61. The molecule has 232 valence electrons. The molecule has 2 heterocycles. The Morgan fingerprint density at radius 2 is 1.02 bits per heavy atom. The summed E-state index contributed by atoms with van der Waals surface area (Å²) in [4.78, 5) is 41.8. The highest BCUT2D eigenvalue weighted by Crippen LogP contribution is 2.37. The fourth-order valence-corrected chi connectivity index (χ4v) is 6.23. The number of amides is 2. The Morgan fingerprint density at radius 1 is 0.574 bits per heavy atom. The second-order valence-electron chi connectivity index (χ2n) is 11.5. The van der Waals surface area contributed by atoms with E-state index in [1.165, 1.54) is 19.4 Å². The molecule has 1 aliphatic carbocycles. The summed E-state index contributed by atoms with van der Waals surface area (Å²) in [6.07, 6.45) is 5.53. The Balaban J connectivity index is 1.32. The molecular weight excluding hydrogens is 588 g/mol. The third-order valence-corrected chi connectivity index (χ3v) is 8.61. The van der Waals surface area contributed by atoms with Crippen LogP contribution in [0, 0.1) is 0 Å². The molecule has 8 nitrogen and oxygen atoms in total. The molecule has 1 N–H and O–H groups in total. The van der Waals surface area contributed by atoms with Gasteiger partial charge in [0.05, 0.1) is 22.7 Å². The van der Waals surface area contributed by atoms with Gasteiger partial charge in [0.1, 0.15) is 11.1 Å². The van der Waals surface area contributed by atoms with E-state index in [1.54, 1.807) is 36.4 Å². The van der Waals surface area contributed by atoms with Crippen molar-refractivity contribution in [1.82, 2.24) is 9.36 Å². The highest BCUT2D eigenvalue weighted by atomic mass is 16.3. The molecule has 1 aromatic heterocycles. The van der Waals surface area contributed by atoms with Gasteiger partial charge < -0.3 is 5.11 Å². The lowest BCUT2D eigenvalue weighted by molar-refractivity contribution is -0.116.